The zero-order chi connectivity index (χ0) is 14.8. The van der Waals surface area contributed by atoms with Gasteiger partial charge < -0.3 is 10.2 Å². The molecule has 0 saturated carbocycles. The van der Waals surface area contributed by atoms with Crippen molar-refractivity contribution in [3.63, 3.8) is 0 Å². The van der Waals surface area contributed by atoms with Crippen molar-refractivity contribution < 1.29 is 4.79 Å². The number of carbonyl (C=O) groups is 1. The second-order valence-corrected chi connectivity index (χ2v) is 6.71. The number of thiazole rings is 1. The summed E-state index contributed by atoms with van der Waals surface area (Å²) < 4.78 is 0. The first-order chi connectivity index (χ1) is 10.1. The van der Waals surface area contributed by atoms with Gasteiger partial charge in [0.25, 0.3) is 5.91 Å². The molecule has 2 heterocycles. The molecule has 110 valence electrons. The fourth-order valence-corrected chi connectivity index (χ4v) is 3.53. The molecule has 0 aliphatic carbocycles. The van der Waals surface area contributed by atoms with Gasteiger partial charge in [0.15, 0.2) is 0 Å². The van der Waals surface area contributed by atoms with Crippen molar-refractivity contribution in [1.82, 2.24) is 15.2 Å². The standard InChI is InChI=1S/C16H19N3OS/c1-11-15(18-12(2)21-11)16(20)19-9-8-17-14(10-19)13-6-4-3-5-7-13/h3-7,14,17H,8-10H2,1-2H3/t14-/m1/s1. The van der Waals surface area contributed by atoms with Crippen LogP contribution in [0.15, 0.2) is 30.3 Å². The van der Waals surface area contributed by atoms with Crippen LogP contribution in [-0.2, 0) is 0 Å². The Morgan fingerprint density at radius 3 is 2.76 bits per heavy atom. The monoisotopic (exact) mass is 301 g/mol. The highest BCUT2D eigenvalue weighted by Crippen LogP contribution is 2.22. The minimum absolute atomic E-state index is 0.0549. The molecule has 1 atom stereocenters. The number of carbonyl (C=O) groups excluding carboxylic acids is 1. The molecule has 1 aromatic heterocycles. The fraction of sp³-hybridized carbons (Fsp3) is 0.375. The van der Waals surface area contributed by atoms with Crippen molar-refractivity contribution in [2.45, 2.75) is 19.9 Å². The van der Waals surface area contributed by atoms with Crippen LogP contribution in [0.1, 0.15) is 32.0 Å². The first-order valence-electron chi connectivity index (χ1n) is 7.17. The summed E-state index contributed by atoms with van der Waals surface area (Å²) in [4.78, 5) is 20.0. The Morgan fingerprint density at radius 2 is 2.10 bits per heavy atom. The molecule has 4 nitrogen and oxygen atoms in total. The molecule has 1 aliphatic heterocycles. The molecule has 0 bridgehead atoms. The van der Waals surface area contributed by atoms with Crippen LogP contribution in [0, 0.1) is 13.8 Å². The van der Waals surface area contributed by atoms with Crippen LogP contribution in [0.4, 0.5) is 0 Å². The van der Waals surface area contributed by atoms with E-state index in [-0.39, 0.29) is 11.9 Å². The van der Waals surface area contributed by atoms with Gasteiger partial charge in [0.1, 0.15) is 5.69 Å². The van der Waals surface area contributed by atoms with Gasteiger partial charge >= 0.3 is 0 Å². The molecule has 1 aromatic carbocycles. The van der Waals surface area contributed by atoms with Crippen LogP contribution in [0.3, 0.4) is 0 Å². The first-order valence-corrected chi connectivity index (χ1v) is 7.98. The fourth-order valence-electron chi connectivity index (χ4n) is 2.72. The van der Waals surface area contributed by atoms with Crippen molar-refractivity contribution in [2.75, 3.05) is 19.6 Å². The van der Waals surface area contributed by atoms with Gasteiger partial charge in [-0.25, -0.2) is 4.98 Å². The van der Waals surface area contributed by atoms with Crippen LogP contribution in [0.5, 0.6) is 0 Å². The lowest BCUT2D eigenvalue weighted by Crippen LogP contribution is -2.48. The number of nitrogens with one attached hydrogen (secondary N) is 1. The number of aryl methyl sites for hydroxylation is 2. The summed E-state index contributed by atoms with van der Waals surface area (Å²) in [5.74, 6) is 0.0549. The van der Waals surface area contributed by atoms with Gasteiger partial charge in [0.2, 0.25) is 0 Å². The number of hydrogen-bond donors (Lipinski definition) is 1. The average molecular weight is 301 g/mol. The van der Waals surface area contributed by atoms with E-state index in [1.807, 2.05) is 36.9 Å². The number of benzene rings is 1. The zero-order valence-electron chi connectivity index (χ0n) is 12.3. The average Bonchev–Trinajstić information content (AvgIpc) is 2.86. The highest BCUT2D eigenvalue weighted by molar-refractivity contribution is 7.11. The molecule has 0 spiro atoms. The minimum Gasteiger partial charge on any atom is -0.334 e. The number of amides is 1. The predicted molar refractivity (Wildman–Crippen MR) is 84.7 cm³/mol. The van der Waals surface area contributed by atoms with Crippen molar-refractivity contribution in [1.29, 1.82) is 0 Å². The van der Waals surface area contributed by atoms with Gasteiger partial charge in [-0.15, -0.1) is 11.3 Å². The minimum atomic E-state index is 0.0549. The summed E-state index contributed by atoms with van der Waals surface area (Å²) in [6.45, 7) is 6.15. The van der Waals surface area contributed by atoms with E-state index in [1.54, 1.807) is 11.3 Å². The number of piperazine rings is 1. The van der Waals surface area contributed by atoms with E-state index >= 15 is 0 Å². The number of rotatable bonds is 2. The van der Waals surface area contributed by atoms with Crippen molar-refractivity contribution >= 4 is 17.2 Å². The summed E-state index contributed by atoms with van der Waals surface area (Å²) in [7, 11) is 0. The highest BCUT2D eigenvalue weighted by Gasteiger charge is 2.27. The molecular weight excluding hydrogens is 282 g/mol. The predicted octanol–water partition coefficient (Wildman–Crippen LogP) is 2.55. The summed E-state index contributed by atoms with van der Waals surface area (Å²) in [6.07, 6.45) is 0. The van der Waals surface area contributed by atoms with E-state index in [0.717, 1.165) is 23.0 Å². The Hall–Kier alpha value is -1.72. The van der Waals surface area contributed by atoms with Crippen molar-refractivity contribution in [3.05, 3.63) is 51.5 Å². The van der Waals surface area contributed by atoms with E-state index in [0.29, 0.717) is 12.2 Å². The molecule has 1 amide bonds. The van der Waals surface area contributed by atoms with E-state index in [9.17, 15) is 4.79 Å². The smallest absolute Gasteiger partial charge is 0.273 e. The van der Waals surface area contributed by atoms with Gasteiger partial charge in [0.05, 0.1) is 5.01 Å². The molecule has 3 rings (SSSR count). The molecule has 1 aliphatic rings. The summed E-state index contributed by atoms with van der Waals surface area (Å²) in [6, 6.07) is 10.5. The normalized spacial score (nSPS) is 18.8. The Bertz CT molecular complexity index is 638. The molecule has 1 saturated heterocycles. The lowest BCUT2D eigenvalue weighted by Gasteiger charge is -2.33. The lowest BCUT2D eigenvalue weighted by atomic mass is 10.0. The zero-order valence-corrected chi connectivity index (χ0v) is 13.1. The van der Waals surface area contributed by atoms with Crippen LogP contribution >= 0.6 is 11.3 Å². The second-order valence-electron chi connectivity index (χ2n) is 5.31. The number of hydrogen-bond acceptors (Lipinski definition) is 4. The Morgan fingerprint density at radius 1 is 1.33 bits per heavy atom. The Kier molecular flexibility index (Phi) is 4.03. The third-order valence-electron chi connectivity index (χ3n) is 3.77. The van der Waals surface area contributed by atoms with E-state index in [2.05, 4.69) is 22.4 Å². The molecule has 5 heteroatoms. The molecule has 1 fully saturated rings. The molecule has 0 unspecified atom stereocenters. The van der Waals surface area contributed by atoms with Gasteiger partial charge in [-0.2, -0.15) is 0 Å². The molecule has 1 N–H and O–H groups in total. The van der Waals surface area contributed by atoms with Crippen LogP contribution in [0.2, 0.25) is 0 Å². The Labute approximate surface area is 128 Å². The molecule has 2 aromatic rings. The SMILES string of the molecule is Cc1nc(C(=O)N2CCN[C@@H](c3ccccc3)C2)c(C)s1. The van der Waals surface area contributed by atoms with Crippen LogP contribution < -0.4 is 5.32 Å². The maximum atomic E-state index is 12.7. The lowest BCUT2D eigenvalue weighted by molar-refractivity contribution is 0.0697. The number of nitrogens with zero attached hydrogens (tertiary/aromatic N) is 2. The van der Waals surface area contributed by atoms with Gasteiger partial charge in [-0.1, -0.05) is 30.3 Å². The third-order valence-corrected chi connectivity index (χ3v) is 4.66. The largest absolute Gasteiger partial charge is 0.334 e. The second kappa shape index (κ2) is 5.95. The van der Waals surface area contributed by atoms with Gasteiger partial charge in [-0.05, 0) is 19.4 Å². The van der Waals surface area contributed by atoms with E-state index in [4.69, 9.17) is 0 Å². The van der Waals surface area contributed by atoms with Crippen LogP contribution in [-0.4, -0.2) is 35.4 Å². The summed E-state index contributed by atoms with van der Waals surface area (Å²) in [5, 5.41) is 4.43. The highest BCUT2D eigenvalue weighted by atomic mass is 32.1. The van der Waals surface area contributed by atoms with Crippen molar-refractivity contribution in [2.24, 2.45) is 0 Å². The van der Waals surface area contributed by atoms with E-state index in [1.165, 1.54) is 5.56 Å². The van der Waals surface area contributed by atoms with Crippen molar-refractivity contribution in [3.8, 4) is 0 Å². The van der Waals surface area contributed by atoms with Gasteiger partial charge in [-0.3, -0.25) is 4.79 Å². The summed E-state index contributed by atoms with van der Waals surface area (Å²) >= 11 is 1.58. The van der Waals surface area contributed by atoms with Crippen LogP contribution in [0.25, 0.3) is 0 Å². The Balaban J connectivity index is 1.77. The molecule has 0 radical (unpaired) electrons. The summed E-state index contributed by atoms with van der Waals surface area (Å²) in [5.41, 5.74) is 1.84. The van der Waals surface area contributed by atoms with E-state index < -0.39 is 0 Å². The molecule has 21 heavy (non-hydrogen) atoms. The number of aromatic nitrogens is 1. The van der Waals surface area contributed by atoms with Gasteiger partial charge in [0, 0.05) is 30.6 Å². The molecular formula is C16H19N3OS. The topological polar surface area (TPSA) is 45.2 Å². The maximum absolute atomic E-state index is 12.7. The first kappa shape index (κ1) is 14.2. The quantitative estimate of drug-likeness (QED) is 0.927. The third kappa shape index (κ3) is 2.99. The maximum Gasteiger partial charge on any atom is 0.273 e.